The minimum Gasteiger partial charge on any atom is -0.465 e. The fourth-order valence-corrected chi connectivity index (χ4v) is 2.85. The van der Waals surface area contributed by atoms with Crippen molar-refractivity contribution in [3.63, 3.8) is 0 Å². The molecular weight excluding hydrogens is 176 g/mol. The van der Waals surface area contributed by atoms with E-state index in [9.17, 15) is 4.79 Å². The molecule has 5 heteroatoms. The number of amides is 1. The van der Waals surface area contributed by atoms with Crippen molar-refractivity contribution in [1.82, 2.24) is 5.32 Å². The summed E-state index contributed by atoms with van der Waals surface area (Å²) in [5.74, 6) is 0. The van der Waals surface area contributed by atoms with Crippen molar-refractivity contribution in [3.8, 4) is 0 Å². The van der Waals surface area contributed by atoms with E-state index in [0.29, 0.717) is 5.25 Å². The van der Waals surface area contributed by atoms with Crippen LogP contribution in [0.2, 0.25) is 0 Å². The van der Waals surface area contributed by atoms with Gasteiger partial charge >= 0.3 is 6.09 Å². The van der Waals surface area contributed by atoms with Gasteiger partial charge in [-0.2, -0.15) is 0 Å². The molecule has 1 aliphatic carbocycles. The predicted molar refractivity (Wildman–Crippen MR) is 47.8 cm³/mol. The van der Waals surface area contributed by atoms with Gasteiger partial charge in [0.2, 0.25) is 0 Å². The van der Waals surface area contributed by atoms with Crippen LogP contribution in [0, 0.1) is 0 Å². The van der Waals surface area contributed by atoms with E-state index in [1.165, 1.54) is 0 Å². The van der Waals surface area contributed by atoms with Crippen LogP contribution in [0.4, 0.5) is 4.79 Å². The van der Waals surface area contributed by atoms with Crippen LogP contribution >= 0.6 is 11.8 Å². The largest absolute Gasteiger partial charge is 0.465 e. The molecular formula is C7H10N2O2S. The van der Waals surface area contributed by atoms with E-state index in [1.807, 2.05) is 5.55 Å². The Bertz CT molecular complexity index is 231. The standard InChI is InChI=1S/C7H10N2O2S/c10-7(11)9-4-1-2-5-6(4)8-3-12-5/h3-6,9H,1-2H2,(H,10,11). The molecule has 0 aromatic carbocycles. The lowest BCUT2D eigenvalue weighted by Gasteiger charge is -2.14. The van der Waals surface area contributed by atoms with Gasteiger partial charge in [0.15, 0.2) is 0 Å². The number of aliphatic imine (C=N–C) groups is 1. The lowest BCUT2D eigenvalue weighted by atomic mass is 10.2. The molecule has 4 nitrogen and oxygen atoms in total. The smallest absolute Gasteiger partial charge is 0.404 e. The molecule has 1 heterocycles. The van der Waals surface area contributed by atoms with Gasteiger partial charge in [0.05, 0.1) is 17.6 Å². The first-order chi connectivity index (χ1) is 5.77. The zero-order valence-corrected chi connectivity index (χ0v) is 7.25. The molecule has 12 heavy (non-hydrogen) atoms. The van der Waals surface area contributed by atoms with Crippen LogP contribution < -0.4 is 5.32 Å². The van der Waals surface area contributed by atoms with Crippen molar-refractivity contribution < 1.29 is 9.90 Å². The molecule has 0 saturated heterocycles. The fourth-order valence-electron chi connectivity index (χ4n) is 1.79. The number of rotatable bonds is 1. The number of hydrogen-bond acceptors (Lipinski definition) is 3. The van der Waals surface area contributed by atoms with E-state index in [1.54, 1.807) is 11.8 Å². The van der Waals surface area contributed by atoms with E-state index < -0.39 is 6.09 Å². The first-order valence-electron chi connectivity index (χ1n) is 3.94. The molecule has 66 valence electrons. The van der Waals surface area contributed by atoms with Gasteiger partial charge in [0.1, 0.15) is 0 Å². The lowest BCUT2D eigenvalue weighted by Crippen LogP contribution is -2.39. The zero-order chi connectivity index (χ0) is 8.55. The van der Waals surface area contributed by atoms with Gasteiger partial charge in [-0.3, -0.25) is 4.99 Å². The number of carbonyl (C=O) groups is 1. The third-order valence-electron chi connectivity index (χ3n) is 2.33. The molecule has 0 spiro atoms. The highest BCUT2D eigenvalue weighted by Gasteiger charge is 2.39. The van der Waals surface area contributed by atoms with Gasteiger partial charge in [-0.1, -0.05) is 0 Å². The van der Waals surface area contributed by atoms with Crippen LogP contribution in [0.5, 0.6) is 0 Å². The van der Waals surface area contributed by atoms with Gasteiger partial charge in [-0.15, -0.1) is 11.8 Å². The van der Waals surface area contributed by atoms with E-state index in [4.69, 9.17) is 5.11 Å². The number of nitrogens with zero attached hydrogens (tertiary/aromatic N) is 1. The van der Waals surface area contributed by atoms with Crippen LogP contribution in [0.3, 0.4) is 0 Å². The molecule has 3 atom stereocenters. The monoisotopic (exact) mass is 186 g/mol. The summed E-state index contributed by atoms with van der Waals surface area (Å²) in [6.07, 6.45) is 1.06. The number of fused-ring (bicyclic) bond motifs is 1. The van der Waals surface area contributed by atoms with Crippen LogP contribution in [0.1, 0.15) is 12.8 Å². The average molecular weight is 186 g/mol. The highest BCUT2D eigenvalue weighted by molar-refractivity contribution is 8.12. The second-order valence-corrected chi connectivity index (χ2v) is 4.14. The Morgan fingerprint density at radius 1 is 1.67 bits per heavy atom. The molecule has 2 rings (SSSR count). The Labute approximate surface area is 74.4 Å². The van der Waals surface area contributed by atoms with E-state index in [-0.39, 0.29) is 12.1 Å². The Kier molecular flexibility index (Phi) is 1.96. The van der Waals surface area contributed by atoms with Gasteiger partial charge in [-0.05, 0) is 12.8 Å². The molecule has 0 radical (unpaired) electrons. The number of carboxylic acid groups (broad SMARTS) is 1. The summed E-state index contributed by atoms with van der Waals surface area (Å²) in [6.45, 7) is 0. The third-order valence-corrected chi connectivity index (χ3v) is 3.44. The van der Waals surface area contributed by atoms with E-state index in [0.717, 1.165) is 12.8 Å². The minimum absolute atomic E-state index is 0.0405. The number of thioether (sulfide) groups is 1. The average Bonchev–Trinajstić information content (AvgIpc) is 2.52. The quantitative estimate of drug-likeness (QED) is 0.640. The maximum absolute atomic E-state index is 10.4. The number of hydrogen-bond donors (Lipinski definition) is 2. The van der Waals surface area contributed by atoms with Crippen LogP contribution in [-0.2, 0) is 0 Å². The highest BCUT2D eigenvalue weighted by atomic mass is 32.2. The maximum Gasteiger partial charge on any atom is 0.404 e. The summed E-state index contributed by atoms with van der Waals surface area (Å²) in [4.78, 5) is 14.6. The van der Waals surface area contributed by atoms with Crippen molar-refractivity contribution >= 4 is 23.4 Å². The summed E-state index contributed by atoms with van der Waals surface area (Å²) < 4.78 is 0. The molecule has 0 bridgehead atoms. The van der Waals surface area contributed by atoms with Gasteiger partial charge in [-0.25, -0.2) is 4.79 Å². The molecule has 1 saturated carbocycles. The first-order valence-corrected chi connectivity index (χ1v) is 4.88. The SMILES string of the molecule is O=C(O)NC1CCC2SC=NC12. The minimum atomic E-state index is -0.937. The van der Waals surface area contributed by atoms with E-state index >= 15 is 0 Å². The second-order valence-electron chi connectivity index (χ2n) is 3.05. The van der Waals surface area contributed by atoms with E-state index in [2.05, 4.69) is 10.3 Å². The molecule has 2 N–H and O–H groups in total. The Balaban J connectivity index is 1.99. The fraction of sp³-hybridized carbons (Fsp3) is 0.714. The van der Waals surface area contributed by atoms with Crippen molar-refractivity contribution in [2.45, 2.75) is 30.2 Å². The van der Waals surface area contributed by atoms with Crippen molar-refractivity contribution in [3.05, 3.63) is 0 Å². The molecule has 1 aliphatic heterocycles. The maximum atomic E-state index is 10.4. The third kappa shape index (κ3) is 1.29. The van der Waals surface area contributed by atoms with Crippen molar-refractivity contribution in [1.29, 1.82) is 0 Å². The molecule has 0 aromatic heterocycles. The molecule has 1 fully saturated rings. The summed E-state index contributed by atoms with van der Waals surface area (Å²) in [6, 6.07) is 0.227. The summed E-state index contributed by atoms with van der Waals surface area (Å²) in [5.41, 5.74) is 1.84. The van der Waals surface area contributed by atoms with Crippen LogP contribution in [0.25, 0.3) is 0 Å². The second kappa shape index (κ2) is 2.97. The molecule has 0 aromatic rings. The normalized spacial score (nSPS) is 38.2. The number of nitrogens with one attached hydrogen (secondary N) is 1. The lowest BCUT2D eigenvalue weighted by molar-refractivity contribution is 0.189. The zero-order valence-electron chi connectivity index (χ0n) is 6.43. The predicted octanol–water partition coefficient (Wildman–Crippen LogP) is 0.929. The highest BCUT2D eigenvalue weighted by Crippen LogP contribution is 2.35. The molecule has 1 amide bonds. The Morgan fingerprint density at radius 3 is 3.25 bits per heavy atom. The summed E-state index contributed by atoms with van der Waals surface area (Å²) in [7, 11) is 0. The van der Waals surface area contributed by atoms with Crippen LogP contribution in [-0.4, -0.2) is 34.1 Å². The Hall–Kier alpha value is -0.710. The Morgan fingerprint density at radius 2 is 2.50 bits per heavy atom. The van der Waals surface area contributed by atoms with Gasteiger partial charge in [0.25, 0.3) is 0 Å². The van der Waals surface area contributed by atoms with Crippen LogP contribution in [0.15, 0.2) is 4.99 Å². The van der Waals surface area contributed by atoms with Gasteiger partial charge in [0, 0.05) is 5.25 Å². The molecule has 2 aliphatic rings. The van der Waals surface area contributed by atoms with Crippen molar-refractivity contribution in [2.75, 3.05) is 0 Å². The first kappa shape index (κ1) is 7.91. The summed E-state index contributed by atoms with van der Waals surface area (Å²) >= 11 is 1.72. The summed E-state index contributed by atoms with van der Waals surface area (Å²) in [5, 5.41) is 11.5. The molecule has 3 unspecified atom stereocenters. The topological polar surface area (TPSA) is 61.7 Å². The van der Waals surface area contributed by atoms with Gasteiger partial charge < -0.3 is 10.4 Å². The van der Waals surface area contributed by atoms with Crippen molar-refractivity contribution in [2.24, 2.45) is 4.99 Å².